The molecule has 0 bridgehead atoms. The predicted octanol–water partition coefficient (Wildman–Crippen LogP) is 7.63. The van der Waals surface area contributed by atoms with Gasteiger partial charge in [-0.3, -0.25) is 9.36 Å². The Morgan fingerprint density at radius 3 is 1.86 bits per heavy atom. The summed E-state index contributed by atoms with van der Waals surface area (Å²) in [6.07, 6.45) is 0.223. The molecule has 0 saturated heterocycles. The second-order valence-corrected chi connectivity index (χ2v) is 11.6. The maximum Gasteiger partial charge on any atom is 0.405 e. The van der Waals surface area contributed by atoms with Crippen molar-refractivity contribution in [2.45, 2.75) is 70.4 Å². The summed E-state index contributed by atoms with van der Waals surface area (Å²) in [6.45, 7) is 3.35. The third-order valence-electron chi connectivity index (χ3n) is 6.71. The lowest BCUT2D eigenvalue weighted by Gasteiger charge is -2.31. The molecule has 1 aliphatic rings. The minimum Gasteiger partial charge on any atom is -0.346 e. The average molecular weight is 540 g/mol. The zero-order valence-corrected chi connectivity index (χ0v) is 22.5. The predicted molar refractivity (Wildman–Crippen MR) is 140 cm³/mol. The lowest BCUT2D eigenvalue weighted by molar-refractivity contribution is -0.141. The van der Waals surface area contributed by atoms with Gasteiger partial charge in [-0.15, -0.1) is 0 Å². The van der Waals surface area contributed by atoms with Gasteiger partial charge >= 0.3 is 13.8 Å². The quantitative estimate of drug-likeness (QED) is 0.187. The summed E-state index contributed by atoms with van der Waals surface area (Å²) in [5, 5.41) is 2.14. The van der Waals surface area contributed by atoms with Crippen molar-refractivity contribution in [1.29, 1.82) is 0 Å². The molecule has 2 aromatic rings. The first-order valence-corrected chi connectivity index (χ1v) is 14.8. The molecular formula is C28H37F3NO4P. The number of fused-ring (bicyclic) bond motifs is 3. The maximum atomic E-state index is 13.6. The van der Waals surface area contributed by atoms with Crippen LogP contribution in [0.1, 0.15) is 69.9 Å². The highest BCUT2D eigenvalue weighted by atomic mass is 31.2. The van der Waals surface area contributed by atoms with Crippen LogP contribution in [0.25, 0.3) is 11.1 Å². The smallest absolute Gasteiger partial charge is 0.346 e. The first-order chi connectivity index (χ1) is 17.7. The van der Waals surface area contributed by atoms with Crippen LogP contribution < -0.4 is 5.32 Å². The van der Waals surface area contributed by atoms with Gasteiger partial charge < -0.3 is 14.4 Å². The van der Waals surface area contributed by atoms with E-state index in [2.05, 4.69) is 5.32 Å². The maximum absolute atomic E-state index is 13.6. The van der Waals surface area contributed by atoms with Crippen molar-refractivity contribution in [2.75, 3.05) is 25.9 Å². The molecule has 0 unspecified atom stereocenters. The van der Waals surface area contributed by atoms with E-state index in [1.165, 1.54) is 0 Å². The van der Waals surface area contributed by atoms with E-state index >= 15 is 0 Å². The topological polar surface area (TPSA) is 64.6 Å². The minimum absolute atomic E-state index is 0.198. The summed E-state index contributed by atoms with van der Waals surface area (Å²) >= 11 is 0. The highest BCUT2D eigenvalue weighted by Gasteiger charge is 2.49. The summed E-state index contributed by atoms with van der Waals surface area (Å²) in [5.74, 6) is -0.677. The standard InChI is InChI=1S/C28H37F3NO4P/c1-3-5-18-35-37(34,36-19-6-4-2)20-12-11-17-27(26(33)32-21-28(29,30)31)24-15-9-7-13-22(24)23-14-8-10-16-25(23)27/h7-10,13-16H,3-6,11-12,17-21H2,1-2H3,(H,32,33). The van der Waals surface area contributed by atoms with Crippen LogP contribution in [0.15, 0.2) is 48.5 Å². The molecule has 0 aliphatic heterocycles. The molecule has 1 aliphatic carbocycles. The van der Waals surface area contributed by atoms with Gasteiger partial charge in [0.25, 0.3) is 0 Å². The first kappa shape index (κ1) is 29.4. The number of halogens is 3. The molecular weight excluding hydrogens is 502 g/mol. The molecule has 3 rings (SSSR count). The number of nitrogens with one attached hydrogen (secondary N) is 1. The number of unbranched alkanes of at least 4 members (excludes halogenated alkanes) is 3. The Labute approximate surface area is 217 Å². The SMILES string of the molecule is CCCCOP(=O)(CCCCC1(C(=O)NCC(F)(F)F)c2ccccc2-c2ccccc21)OCCCC. The van der Waals surface area contributed by atoms with Crippen LogP contribution in [-0.2, 0) is 23.8 Å². The number of hydrogen-bond donors (Lipinski definition) is 1. The molecule has 37 heavy (non-hydrogen) atoms. The molecule has 0 saturated carbocycles. The molecule has 9 heteroatoms. The molecule has 0 radical (unpaired) electrons. The number of hydrogen-bond acceptors (Lipinski definition) is 4. The fraction of sp³-hybridized carbons (Fsp3) is 0.536. The zero-order valence-electron chi connectivity index (χ0n) is 21.6. The Hall–Kier alpha value is -2.15. The van der Waals surface area contributed by atoms with Gasteiger partial charge in [-0.25, -0.2) is 0 Å². The lowest BCUT2D eigenvalue weighted by Crippen LogP contribution is -2.47. The highest BCUT2D eigenvalue weighted by Crippen LogP contribution is 2.53. The summed E-state index contributed by atoms with van der Waals surface area (Å²) in [7, 11) is -3.30. The van der Waals surface area contributed by atoms with E-state index in [1.807, 2.05) is 50.2 Å². The van der Waals surface area contributed by atoms with Crippen molar-refractivity contribution < 1.29 is 31.6 Å². The van der Waals surface area contributed by atoms with Crippen molar-refractivity contribution in [3.8, 4) is 11.1 Å². The largest absolute Gasteiger partial charge is 0.405 e. The van der Waals surface area contributed by atoms with Crippen LogP contribution in [0.4, 0.5) is 13.2 Å². The number of rotatable bonds is 15. The third kappa shape index (κ3) is 7.24. The minimum atomic E-state index is -4.52. The molecule has 204 valence electrons. The van der Waals surface area contributed by atoms with Gasteiger partial charge in [0.2, 0.25) is 5.91 Å². The van der Waals surface area contributed by atoms with E-state index < -0.39 is 31.6 Å². The Morgan fingerprint density at radius 1 is 0.865 bits per heavy atom. The molecule has 1 amide bonds. The van der Waals surface area contributed by atoms with Gasteiger partial charge in [-0.2, -0.15) is 13.2 Å². The van der Waals surface area contributed by atoms with Crippen LogP contribution in [0.2, 0.25) is 0 Å². The zero-order chi connectivity index (χ0) is 26.9. The summed E-state index contributed by atoms with van der Waals surface area (Å²) in [5.41, 5.74) is 1.80. The fourth-order valence-corrected chi connectivity index (χ4v) is 6.60. The van der Waals surface area contributed by atoms with Crippen LogP contribution in [0.5, 0.6) is 0 Å². The van der Waals surface area contributed by atoms with E-state index in [0.717, 1.165) is 36.8 Å². The summed E-state index contributed by atoms with van der Waals surface area (Å²) < 4.78 is 63.8. The van der Waals surface area contributed by atoms with Crippen molar-refractivity contribution in [1.82, 2.24) is 5.32 Å². The molecule has 0 heterocycles. The van der Waals surface area contributed by atoms with Gasteiger partial charge in [-0.1, -0.05) is 81.6 Å². The Morgan fingerprint density at radius 2 is 1.38 bits per heavy atom. The molecule has 1 N–H and O–H groups in total. The van der Waals surface area contributed by atoms with Crippen molar-refractivity contribution in [3.05, 3.63) is 59.7 Å². The van der Waals surface area contributed by atoms with E-state index in [1.54, 1.807) is 12.1 Å². The summed E-state index contributed by atoms with van der Waals surface area (Å²) in [4.78, 5) is 13.6. The number of benzene rings is 2. The average Bonchev–Trinajstić information content (AvgIpc) is 3.16. The molecule has 0 atom stereocenters. The molecule has 0 spiro atoms. The second kappa shape index (κ2) is 13.1. The van der Waals surface area contributed by atoms with Crippen LogP contribution in [-0.4, -0.2) is 38.0 Å². The van der Waals surface area contributed by atoms with Gasteiger partial charge in [0.1, 0.15) is 12.0 Å². The van der Waals surface area contributed by atoms with E-state index in [4.69, 9.17) is 9.05 Å². The number of carbonyl (C=O) groups excluding carboxylic acids is 1. The number of alkyl halides is 3. The molecule has 0 aromatic heterocycles. The Balaban J connectivity index is 1.83. The van der Waals surface area contributed by atoms with Crippen molar-refractivity contribution in [3.63, 3.8) is 0 Å². The highest BCUT2D eigenvalue weighted by molar-refractivity contribution is 7.53. The summed E-state index contributed by atoms with van der Waals surface area (Å²) in [6, 6.07) is 14.7. The molecule has 0 fully saturated rings. The van der Waals surface area contributed by atoms with Gasteiger partial charge in [0.15, 0.2) is 0 Å². The number of carbonyl (C=O) groups is 1. The van der Waals surface area contributed by atoms with Gasteiger partial charge in [-0.05, 0) is 47.9 Å². The Bertz CT molecular complexity index is 1030. The fourth-order valence-electron chi connectivity index (χ4n) is 4.84. The molecule has 5 nitrogen and oxygen atoms in total. The normalized spacial score (nSPS) is 14.3. The van der Waals surface area contributed by atoms with Gasteiger partial charge in [0, 0.05) is 0 Å². The van der Waals surface area contributed by atoms with Crippen LogP contribution >= 0.6 is 7.60 Å². The van der Waals surface area contributed by atoms with E-state index in [-0.39, 0.29) is 12.6 Å². The van der Waals surface area contributed by atoms with Crippen LogP contribution in [0, 0.1) is 0 Å². The van der Waals surface area contributed by atoms with Crippen molar-refractivity contribution in [2.24, 2.45) is 0 Å². The second-order valence-electron chi connectivity index (χ2n) is 9.46. The Kier molecular flexibility index (Phi) is 10.4. The van der Waals surface area contributed by atoms with E-state index in [0.29, 0.717) is 37.2 Å². The lowest BCUT2D eigenvalue weighted by atomic mass is 9.73. The molecule has 2 aromatic carbocycles. The monoisotopic (exact) mass is 539 g/mol. The van der Waals surface area contributed by atoms with Crippen molar-refractivity contribution >= 4 is 13.5 Å². The third-order valence-corrected chi connectivity index (χ3v) is 8.72. The number of amides is 1. The van der Waals surface area contributed by atoms with Gasteiger partial charge in [0.05, 0.1) is 19.4 Å². The van der Waals surface area contributed by atoms with Crippen LogP contribution in [0.3, 0.4) is 0 Å². The van der Waals surface area contributed by atoms with E-state index in [9.17, 15) is 22.5 Å². The first-order valence-electron chi connectivity index (χ1n) is 13.1.